The number of nitrogens with zero attached hydrogens (tertiary/aromatic N) is 1. The highest BCUT2D eigenvalue weighted by molar-refractivity contribution is 7.07. The molecule has 0 aliphatic rings. The molecule has 0 unspecified atom stereocenters. The van der Waals surface area contributed by atoms with Gasteiger partial charge in [-0.1, -0.05) is 11.6 Å². The van der Waals surface area contributed by atoms with E-state index in [4.69, 9.17) is 16.3 Å². The van der Waals surface area contributed by atoms with E-state index in [1.807, 2.05) is 0 Å². The van der Waals surface area contributed by atoms with Crippen molar-refractivity contribution >= 4 is 29.1 Å². The first-order valence-electron chi connectivity index (χ1n) is 3.32. The van der Waals surface area contributed by atoms with Gasteiger partial charge in [-0.2, -0.15) is 0 Å². The van der Waals surface area contributed by atoms with Crippen LogP contribution in [0.25, 0.3) is 0 Å². The Morgan fingerprint density at radius 1 is 1.75 bits per heavy atom. The van der Waals surface area contributed by atoms with Crippen molar-refractivity contribution in [2.75, 3.05) is 0 Å². The van der Waals surface area contributed by atoms with Crippen molar-refractivity contribution in [3.8, 4) is 0 Å². The van der Waals surface area contributed by atoms with Crippen LogP contribution in [0.5, 0.6) is 0 Å². The third-order valence-corrected chi connectivity index (χ3v) is 1.78. The van der Waals surface area contributed by atoms with Crippen molar-refractivity contribution in [1.82, 2.24) is 4.37 Å². The fourth-order valence-electron chi connectivity index (χ4n) is 0.592. The molecule has 1 heterocycles. The molecule has 0 saturated carbocycles. The molecule has 5 heteroatoms. The summed E-state index contributed by atoms with van der Waals surface area (Å²) < 4.78 is 8.65. The number of rotatable bonds is 2. The Hall–Kier alpha value is -0.610. The van der Waals surface area contributed by atoms with Gasteiger partial charge in [0, 0.05) is 6.20 Å². The molecule has 0 aliphatic carbocycles. The van der Waals surface area contributed by atoms with Gasteiger partial charge in [-0.15, -0.1) is 0 Å². The molecule has 0 saturated heterocycles. The van der Waals surface area contributed by atoms with Crippen LogP contribution in [0.15, 0.2) is 12.3 Å². The van der Waals surface area contributed by atoms with Crippen molar-refractivity contribution in [2.45, 2.75) is 18.9 Å². The summed E-state index contributed by atoms with van der Waals surface area (Å²) in [6.45, 7) is 3.21. The minimum absolute atomic E-state index is 0.433. The minimum Gasteiger partial charge on any atom is -0.439 e. The van der Waals surface area contributed by atoms with Gasteiger partial charge in [-0.25, -0.2) is 9.17 Å². The predicted octanol–water partition coefficient (Wildman–Crippen LogP) is 2.27. The highest BCUT2D eigenvalue weighted by Gasteiger charge is 2.20. The Labute approximate surface area is 79.5 Å². The maximum absolute atomic E-state index is 11.2. The van der Waals surface area contributed by atoms with Gasteiger partial charge in [-0.3, -0.25) is 0 Å². The number of hydrogen-bond donors (Lipinski definition) is 0. The van der Waals surface area contributed by atoms with Crippen LogP contribution in [0, 0.1) is 0 Å². The Balaban J connectivity index is 2.63. The first kappa shape index (κ1) is 9.48. The largest absolute Gasteiger partial charge is 0.439 e. The fourth-order valence-corrected chi connectivity index (χ4v) is 1.14. The average Bonchev–Trinajstić information content (AvgIpc) is 2.32. The van der Waals surface area contributed by atoms with Crippen LogP contribution in [-0.4, -0.2) is 15.4 Å². The predicted molar refractivity (Wildman–Crippen MR) is 47.5 cm³/mol. The Kier molecular flexibility index (Phi) is 2.69. The van der Waals surface area contributed by atoms with Crippen molar-refractivity contribution in [2.24, 2.45) is 0 Å². The number of esters is 1. The van der Waals surface area contributed by atoms with Gasteiger partial charge in [0.05, 0.1) is 0 Å². The number of carbonyl (C=O) groups is 1. The van der Waals surface area contributed by atoms with Crippen molar-refractivity contribution in [1.29, 1.82) is 0 Å². The lowest BCUT2D eigenvalue weighted by Gasteiger charge is -2.15. The molecule has 0 bridgehead atoms. The SMILES string of the molecule is CC(C)(Cl)OC(=O)c1ccns1. The molecule has 12 heavy (non-hydrogen) atoms. The minimum atomic E-state index is -0.957. The second-order valence-corrected chi connectivity index (χ2v) is 4.37. The molecular formula is C7H8ClNO2S. The van der Waals surface area contributed by atoms with E-state index in [-0.39, 0.29) is 0 Å². The summed E-state index contributed by atoms with van der Waals surface area (Å²) in [7, 11) is 0. The third kappa shape index (κ3) is 2.79. The summed E-state index contributed by atoms with van der Waals surface area (Å²) in [6, 6.07) is 1.59. The van der Waals surface area contributed by atoms with Gasteiger partial charge in [0.2, 0.25) is 0 Å². The molecule has 66 valence electrons. The Morgan fingerprint density at radius 2 is 2.42 bits per heavy atom. The van der Waals surface area contributed by atoms with Gasteiger partial charge in [0.1, 0.15) is 4.88 Å². The summed E-state index contributed by atoms with van der Waals surface area (Å²) >= 11 is 6.77. The zero-order chi connectivity index (χ0) is 9.19. The van der Waals surface area contributed by atoms with Crippen LogP contribution in [-0.2, 0) is 4.74 Å². The standard InChI is InChI=1S/C7H8ClNO2S/c1-7(2,8)11-6(10)5-3-4-9-12-5/h3-4H,1-2H3. The fraction of sp³-hybridized carbons (Fsp3) is 0.429. The van der Waals surface area contributed by atoms with Gasteiger partial charge in [0.25, 0.3) is 0 Å². The van der Waals surface area contributed by atoms with E-state index in [0.717, 1.165) is 11.5 Å². The van der Waals surface area contributed by atoms with Crippen molar-refractivity contribution in [3.63, 3.8) is 0 Å². The second kappa shape index (κ2) is 3.41. The highest BCUT2D eigenvalue weighted by Crippen LogP contribution is 2.18. The Bertz CT molecular complexity index is 265. The smallest absolute Gasteiger partial charge is 0.351 e. The Morgan fingerprint density at radius 3 is 2.83 bits per heavy atom. The van der Waals surface area contributed by atoms with Crippen LogP contribution >= 0.6 is 23.1 Å². The lowest BCUT2D eigenvalue weighted by molar-refractivity contribution is 0.0282. The van der Waals surface area contributed by atoms with Gasteiger partial charge >= 0.3 is 5.97 Å². The summed E-state index contributed by atoms with van der Waals surface area (Å²) in [6.07, 6.45) is 1.54. The number of hydrogen-bond acceptors (Lipinski definition) is 4. The van der Waals surface area contributed by atoms with E-state index in [0.29, 0.717) is 4.88 Å². The van der Waals surface area contributed by atoms with E-state index < -0.39 is 11.0 Å². The zero-order valence-corrected chi connectivity index (χ0v) is 8.28. The number of alkyl halides is 1. The van der Waals surface area contributed by atoms with E-state index in [2.05, 4.69) is 4.37 Å². The maximum Gasteiger partial charge on any atom is 0.351 e. The lowest BCUT2D eigenvalue weighted by atomic mass is 10.4. The number of halogens is 1. The van der Waals surface area contributed by atoms with Crippen LogP contribution in [0.3, 0.4) is 0 Å². The van der Waals surface area contributed by atoms with Gasteiger partial charge < -0.3 is 4.74 Å². The first-order valence-corrected chi connectivity index (χ1v) is 4.47. The topological polar surface area (TPSA) is 39.2 Å². The average molecular weight is 206 g/mol. The lowest BCUT2D eigenvalue weighted by Crippen LogP contribution is -2.20. The molecule has 0 spiro atoms. The molecule has 0 radical (unpaired) electrons. The van der Waals surface area contributed by atoms with Crippen LogP contribution in [0.2, 0.25) is 0 Å². The monoisotopic (exact) mass is 205 g/mol. The van der Waals surface area contributed by atoms with Crippen molar-refractivity contribution in [3.05, 3.63) is 17.1 Å². The van der Waals surface area contributed by atoms with Crippen LogP contribution in [0.4, 0.5) is 0 Å². The number of aromatic nitrogens is 1. The molecule has 3 nitrogen and oxygen atoms in total. The molecular weight excluding hydrogens is 198 g/mol. The van der Waals surface area contributed by atoms with Gasteiger partial charge in [-0.05, 0) is 31.4 Å². The van der Waals surface area contributed by atoms with E-state index in [1.54, 1.807) is 26.1 Å². The quantitative estimate of drug-likeness (QED) is 0.549. The van der Waals surface area contributed by atoms with Gasteiger partial charge in [0.15, 0.2) is 5.06 Å². The normalized spacial score (nSPS) is 11.2. The molecule has 1 rings (SSSR count). The summed E-state index contributed by atoms with van der Waals surface area (Å²) in [5.74, 6) is -0.433. The van der Waals surface area contributed by atoms with E-state index in [1.165, 1.54) is 0 Å². The number of carbonyl (C=O) groups excluding carboxylic acids is 1. The molecule has 0 aliphatic heterocycles. The third-order valence-electron chi connectivity index (χ3n) is 0.974. The maximum atomic E-state index is 11.2. The highest BCUT2D eigenvalue weighted by atomic mass is 35.5. The molecule has 0 fully saturated rings. The molecule has 0 amide bonds. The summed E-state index contributed by atoms with van der Waals surface area (Å²) in [4.78, 5) is 11.6. The van der Waals surface area contributed by atoms with Crippen molar-refractivity contribution < 1.29 is 9.53 Å². The molecule has 0 N–H and O–H groups in total. The summed E-state index contributed by atoms with van der Waals surface area (Å²) in [5, 5.41) is -0.957. The summed E-state index contributed by atoms with van der Waals surface area (Å²) in [5.41, 5.74) is 0. The van der Waals surface area contributed by atoms with Crippen LogP contribution < -0.4 is 0 Å². The second-order valence-electron chi connectivity index (χ2n) is 2.63. The van der Waals surface area contributed by atoms with Crippen LogP contribution in [0.1, 0.15) is 23.5 Å². The van der Waals surface area contributed by atoms with E-state index >= 15 is 0 Å². The van der Waals surface area contributed by atoms with E-state index in [9.17, 15) is 4.79 Å². The number of ether oxygens (including phenoxy) is 1. The first-order chi connectivity index (χ1) is 5.49. The zero-order valence-electron chi connectivity index (χ0n) is 6.70. The molecule has 0 aromatic carbocycles. The molecule has 1 aromatic heterocycles. The molecule has 0 atom stereocenters. The molecule has 1 aromatic rings.